The Morgan fingerprint density at radius 3 is 1.93 bits per heavy atom. The van der Waals surface area contributed by atoms with Gasteiger partial charge in [-0.3, -0.25) is 14.4 Å². The molecule has 4 aromatic rings. The molecule has 1 saturated heterocycles. The molecule has 5 amide bonds. The quantitative estimate of drug-likeness (QED) is 0.194. The van der Waals surface area contributed by atoms with Gasteiger partial charge in [0.15, 0.2) is 6.61 Å². The van der Waals surface area contributed by atoms with Gasteiger partial charge < -0.3 is 10.1 Å². The Morgan fingerprint density at radius 1 is 0.805 bits per heavy atom. The Morgan fingerprint density at radius 2 is 1.37 bits per heavy atom. The van der Waals surface area contributed by atoms with Gasteiger partial charge in [-0.25, -0.2) is 14.6 Å². The number of carbonyl (C=O) groups is 4. The Balaban J connectivity index is 1.40. The molecule has 4 aromatic carbocycles. The molecule has 0 radical (unpaired) electrons. The Kier molecular flexibility index (Phi) is 8.07. The van der Waals surface area contributed by atoms with Crippen molar-refractivity contribution in [3.05, 3.63) is 124 Å². The molecule has 0 saturated carbocycles. The van der Waals surface area contributed by atoms with E-state index in [0.717, 1.165) is 15.4 Å². The summed E-state index contributed by atoms with van der Waals surface area (Å²) in [6, 6.07) is 28.5. The predicted octanol–water partition coefficient (Wildman–Crippen LogP) is 6.36. The molecular formula is C32H24BrN3O5. The van der Waals surface area contributed by atoms with E-state index in [1.807, 2.05) is 31.2 Å². The molecule has 5 rings (SSSR count). The maximum Gasteiger partial charge on any atom is 0.343 e. The topological polar surface area (TPSA) is 96.0 Å². The minimum atomic E-state index is -0.761. The van der Waals surface area contributed by atoms with Crippen molar-refractivity contribution in [3.63, 3.8) is 0 Å². The molecule has 8 nitrogen and oxygen atoms in total. The van der Waals surface area contributed by atoms with Crippen LogP contribution in [0.1, 0.15) is 11.1 Å². The maximum atomic E-state index is 13.5. The molecule has 0 aliphatic carbocycles. The number of halogens is 1. The van der Waals surface area contributed by atoms with Crippen LogP contribution in [0, 0.1) is 6.92 Å². The summed E-state index contributed by atoms with van der Waals surface area (Å²) in [6.07, 6.45) is 1.43. The van der Waals surface area contributed by atoms with E-state index in [1.165, 1.54) is 6.08 Å². The number of hydrogen-bond donors (Lipinski definition) is 1. The molecule has 1 fully saturated rings. The van der Waals surface area contributed by atoms with Gasteiger partial charge in [-0.2, -0.15) is 0 Å². The fourth-order valence-electron chi connectivity index (χ4n) is 4.27. The Hall–Kier alpha value is -5.02. The number of rotatable bonds is 7. The molecule has 1 N–H and O–H groups in total. The number of urea groups is 1. The third kappa shape index (κ3) is 5.95. The van der Waals surface area contributed by atoms with Crippen molar-refractivity contribution in [2.45, 2.75) is 6.92 Å². The van der Waals surface area contributed by atoms with Crippen LogP contribution >= 0.6 is 15.9 Å². The number of carbonyl (C=O) groups excluding carboxylic acids is 4. The largest absolute Gasteiger partial charge is 0.483 e. The summed E-state index contributed by atoms with van der Waals surface area (Å²) in [6.45, 7) is 1.68. The van der Waals surface area contributed by atoms with E-state index in [0.29, 0.717) is 32.8 Å². The summed E-state index contributed by atoms with van der Waals surface area (Å²) in [5, 5.41) is 2.81. The van der Waals surface area contributed by atoms with Gasteiger partial charge in [0.05, 0.1) is 15.8 Å². The average Bonchev–Trinajstić information content (AvgIpc) is 2.97. The maximum absolute atomic E-state index is 13.5. The van der Waals surface area contributed by atoms with E-state index in [2.05, 4.69) is 21.2 Å². The number of amides is 5. The first-order valence-corrected chi connectivity index (χ1v) is 13.5. The SMILES string of the molecule is Cc1ccccc1NC(=O)COc1ccc(C=C2C(=O)N(c3ccccc3)C(=O)N(c3ccccc3)C2=O)cc1Br. The van der Waals surface area contributed by atoms with E-state index >= 15 is 0 Å². The van der Waals surface area contributed by atoms with Gasteiger partial charge in [0, 0.05) is 5.69 Å². The van der Waals surface area contributed by atoms with E-state index in [-0.39, 0.29) is 18.1 Å². The molecule has 41 heavy (non-hydrogen) atoms. The number of barbiturate groups is 1. The van der Waals surface area contributed by atoms with Crippen LogP contribution in [0.25, 0.3) is 6.08 Å². The Labute approximate surface area is 245 Å². The zero-order valence-corrected chi connectivity index (χ0v) is 23.5. The number of imide groups is 2. The number of aryl methyl sites for hydroxylation is 1. The molecule has 1 aliphatic heterocycles. The molecule has 0 atom stereocenters. The molecule has 0 unspecified atom stereocenters. The first-order valence-electron chi connectivity index (χ1n) is 12.7. The number of ether oxygens (including phenoxy) is 1. The molecule has 1 heterocycles. The zero-order chi connectivity index (χ0) is 28.9. The normalized spacial score (nSPS) is 13.3. The van der Waals surface area contributed by atoms with Gasteiger partial charge in [-0.05, 0) is 82.5 Å². The molecular weight excluding hydrogens is 586 g/mol. The van der Waals surface area contributed by atoms with E-state index in [1.54, 1.807) is 78.9 Å². The van der Waals surface area contributed by atoms with Gasteiger partial charge >= 0.3 is 6.03 Å². The van der Waals surface area contributed by atoms with Crippen LogP contribution in [-0.2, 0) is 14.4 Å². The molecule has 0 spiro atoms. The van der Waals surface area contributed by atoms with E-state index < -0.39 is 17.8 Å². The number of benzene rings is 4. The summed E-state index contributed by atoms with van der Waals surface area (Å²) >= 11 is 3.45. The summed E-state index contributed by atoms with van der Waals surface area (Å²) in [5.74, 6) is -1.38. The van der Waals surface area contributed by atoms with Gasteiger partial charge in [-0.1, -0.05) is 60.7 Å². The molecule has 1 aliphatic rings. The van der Waals surface area contributed by atoms with Crippen LogP contribution in [0.15, 0.2) is 113 Å². The lowest BCUT2D eigenvalue weighted by Gasteiger charge is -2.33. The van der Waals surface area contributed by atoms with Crippen LogP contribution in [0.4, 0.5) is 21.9 Å². The highest BCUT2D eigenvalue weighted by molar-refractivity contribution is 9.10. The highest BCUT2D eigenvalue weighted by atomic mass is 79.9. The van der Waals surface area contributed by atoms with Crippen molar-refractivity contribution >= 4 is 62.8 Å². The van der Waals surface area contributed by atoms with Gasteiger partial charge in [0.1, 0.15) is 11.3 Å². The van der Waals surface area contributed by atoms with Crippen molar-refractivity contribution in [1.29, 1.82) is 0 Å². The summed E-state index contributed by atoms with van der Waals surface area (Å²) in [4.78, 5) is 54.9. The van der Waals surface area contributed by atoms with Gasteiger partial charge in [0.2, 0.25) is 0 Å². The molecule has 0 aromatic heterocycles. The lowest BCUT2D eigenvalue weighted by Crippen LogP contribution is -2.57. The van der Waals surface area contributed by atoms with Crippen molar-refractivity contribution in [2.24, 2.45) is 0 Å². The summed E-state index contributed by atoms with van der Waals surface area (Å²) in [5.41, 5.74) is 2.66. The zero-order valence-electron chi connectivity index (χ0n) is 21.9. The third-order valence-electron chi connectivity index (χ3n) is 6.32. The number of nitrogens with zero attached hydrogens (tertiary/aromatic N) is 2. The molecule has 9 heteroatoms. The van der Waals surface area contributed by atoms with Crippen LogP contribution < -0.4 is 19.9 Å². The highest BCUT2D eigenvalue weighted by Gasteiger charge is 2.43. The van der Waals surface area contributed by atoms with Gasteiger partial charge in [-0.15, -0.1) is 0 Å². The van der Waals surface area contributed by atoms with E-state index in [4.69, 9.17) is 4.74 Å². The number of para-hydroxylation sites is 3. The van der Waals surface area contributed by atoms with Crippen molar-refractivity contribution in [1.82, 2.24) is 0 Å². The lowest BCUT2D eigenvalue weighted by atomic mass is 10.0. The van der Waals surface area contributed by atoms with Gasteiger partial charge in [0.25, 0.3) is 17.7 Å². The number of hydrogen-bond acceptors (Lipinski definition) is 5. The van der Waals surface area contributed by atoms with Crippen LogP contribution in [0.2, 0.25) is 0 Å². The fraction of sp³-hybridized carbons (Fsp3) is 0.0625. The second-order valence-electron chi connectivity index (χ2n) is 9.13. The van der Waals surface area contributed by atoms with Crippen molar-refractivity contribution in [3.8, 4) is 5.75 Å². The predicted molar refractivity (Wildman–Crippen MR) is 161 cm³/mol. The number of nitrogens with one attached hydrogen (secondary N) is 1. The van der Waals surface area contributed by atoms with Crippen molar-refractivity contribution in [2.75, 3.05) is 21.7 Å². The van der Waals surface area contributed by atoms with Crippen LogP contribution in [-0.4, -0.2) is 30.4 Å². The van der Waals surface area contributed by atoms with E-state index in [9.17, 15) is 19.2 Å². The Bertz CT molecular complexity index is 1610. The summed E-state index contributed by atoms with van der Waals surface area (Å²) in [7, 11) is 0. The second-order valence-corrected chi connectivity index (χ2v) is 9.99. The molecule has 204 valence electrons. The minimum absolute atomic E-state index is 0.185. The minimum Gasteiger partial charge on any atom is -0.483 e. The van der Waals surface area contributed by atoms with Crippen molar-refractivity contribution < 1.29 is 23.9 Å². The summed E-state index contributed by atoms with van der Waals surface area (Å²) < 4.78 is 6.20. The number of anilines is 3. The second kappa shape index (κ2) is 12.0. The molecule has 0 bridgehead atoms. The first kappa shape index (κ1) is 27.5. The standard InChI is InChI=1S/C32H24BrN3O5/c1-21-10-8-9-15-27(21)34-29(37)20-41-28-17-16-22(19-26(28)33)18-25-30(38)35(23-11-4-2-5-12-23)32(40)36(31(25)39)24-13-6-3-7-14-24/h2-19H,20H2,1H3,(H,34,37). The smallest absolute Gasteiger partial charge is 0.343 e. The van der Waals surface area contributed by atoms with Crippen LogP contribution in [0.5, 0.6) is 5.75 Å². The lowest BCUT2D eigenvalue weighted by molar-refractivity contribution is -0.121. The first-order chi connectivity index (χ1) is 19.8. The third-order valence-corrected chi connectivity index (χ3v) is 6.94. The monoisotopic (exact) mass is 609 g/mol. The highest BCUT2D eigenvalue weighted by Crippen LogP contribution is 2.31. The fourth-order valence-corrected chi connectivity index (χ4v) is 4.78. The average molecular weight is 610 g/mol. The van der Waals surface area contributed by atoms with Crippen LogP contribution in [0.3, 0.4) is 0 Å².